The normalized spacial score (nSPS) is 11.5. The summed E-state index contributed by atoms with van der Waals surface area (Å²) in [6.07, 6.45) is 0. The third-order valence-corrected chi connectivity index (χ3v) is 9.93. The van der Waals surface area contributed by atoms with Crippen molar-refractivity contribution in [3.8, 4) is 22.3 Å². The number of fused-ring (bicyclic) bond motifs is 2. The molecule has 6 aromatic carbocycles. The van der Waals surface area contributed by atoms with Gasteiger partial charge in [0, 0.05) is 35.4 Å². The van der Waals surface area contributed by atoms with Crippen LogP contribution in [0.25, 0.3) is 43.8 Å². The molecule has 0 spiro atoms. The average Bonchev–Trinajstić information content (AvgIpc) is 3.65. The average molecular weight is 816 g/mol. The maximum absolute atomic E-state index is 2.37. The van der Waals surface area contributed by atoms with Crippen LogP contribution in [0.2, 0.25) is 13.1 Å². The topological polar surface area (TPSA) is 0 Å². The molecule has 0 aliphatic carbocycles. The van der Waals surface area contributed by atoms with Crippen LogP contribution in [0.1, 0.15) is 86.1 Å². The SMILES string of the molecule is C[Si]C.Cc1ccc(-c2cccc3[cH-]c(C(C)(C)C)cc23)c(C)c1C.Cc1ccc(-c2cccc3[cH-]c(C(C)(C)C)cc23)c(C)c1C.[Hf]. The Kier molecular flexibility index (Phi) is 13.1. The van der Waals surface area contributed by atoms with Crippen LogP contribution in [0.5, 0.6) is 0 Å². The fourth-order valence-electron chi connectivity index (χ4n) is 6.30. The maximum Gasteiger partial charge on any atom is 0.0307 e. The van der Waals surface area contributed by atoms with E-state index in [4.69, 9.17) is 0 Å². The molecule has 0 unspecified atom stereocenters. The summed E-state index contributed by atoms with van der Waals surface area (Å²) < 4.78 is 0. The zero-order valence-corrected chi connectivity index (χ0v) is 36.7. The summed E-state index contributed by atoms with van der Waals surface area (Å²) in [5.41, 5.74) is 17.0. The van der Waals surface area contributed by atoms with E-state index in [9.17, 15) is 0 Å². The molecule has 0 saturated carbocycles. The first-order valence-corrected chi connectivity index (χ1v) is 19.1. The second-order valence-electron chi connectivity index (χ2n) is 15.5. The van der Waals surface area contributed by atoms with Crippen LogP contribution in [0.4, 0.5) is 0 Å². The van der Waals surface area contributed by atoms with Gasteiger partial charge in [-0.1, -0.05) is 102 Å². The summed E-state index contributed by atoms with van der Waals surface area (Å²) >= 11 is 0. The van der Waals surface area contributed by atoms with E-state index in [2.05, 4.69) is 181 Å². The first-order valence-electron chi connectivity index (χ1n) is 17.1. The van der Waals surface area contributed by atoms with Crippen molar-refractivity contribution in [3.63, 3.8) is 0 Å². The van der Waals surface area contributed by atoms with Crippen LogP contribution in [0, 0.1) is 41.5 Å². The van der Waals surface area contributed by atoms with E-state index >= 15 is 0 Å². The first kappa shape index (κ1) is 39.6. The minimum Gasteiger partial charge on any atom is -0.164 e. The summed E-state index contributed by atoms with van der Waals surface area (Å²) in [4.78, 5) is 0. The molecule has 0 aliphatic rings. The zero-order valence-electron chi connectivity index (χ0n) is 32.1. The molecule has 0 aliphatic heterocycles. The van der Waals surface area contributed by atoms with Gasteiger partial charge in [0.05, 0.1) is 0 Å². The Morgan fingerprint density at radius 1 is 0.458 bits per heavy atom. The van der Waals surface area contributed by atoms with Crippen molar-refractivity contribution >= 4 is 31.1 Å². The fraction of sp³-hybridized carbons (Fsp3) is 0.348. The van der Waals surface area contributed by atoms with Crippen LogP contribution in [-0.2, 0) is 36.7 Å². The van der Waals surface area contributed by atoms with Gasteiger partial charge in [-0.2, -0.15) is 12.1 Å². The van der Waals surface area contributed by atoms with E-state index in [0.717, 1.165) is 9.52 Å². The molecule has 250 valence electrons. The van der Waals surface area contributed by atoms with Crippen LogP contribution >= 0.6 is 0 Å². The minimum atomic E-state index is 0. The van der Waals surface area contributed by atoms with E-state index in [1.54, 1.807) is 0 Å². The van der Waals surface area contributed by atoms with Gasteiger partial charge >= 0.3 is 0 Å². The molecule has 2 radical (unpaired) electrons. The van der Waals surface area contributed by atoms with Crippen LogP contribution < -0.4 is 0 Å². The standard InChI is InChI=1S/2C22H25.C2H6Si.Hf/c2*1-14-10-11-19(16(3)15(14)2)20-9-7-8-17-12-18(13-21(17)20)22(4,5)6;1-3-2;/h2*7-13H,1-6H3;1-2H3;/q2*-1;;. The Balaban J connectivity index is 0.000000236. The van der Waals surface area contributed by atoms with Crippen molar-refractivity contribution < 1.29 is 25.8 Å². The van der Waals surface area contributed by atoms with E-state index in [0.29, 0.717) is 0 Å². The van der Waals surface area contributed by atoms with E-state index in [1.165, 1.54) is 88.3 Å². The maximum atomic E-state index is 2.37. The summed E-state index contributed by atoms with van der Waals surface area (Å²) in [6, 6.07) is 31.8. The fourth-order valence-corrected chi connectivity index (χ4v) is 6.30. The molecule has 0 heterocycles. The Morgan fingerprint density at radius 2 is 0.792 bits per heavy atom. The molecule has 0 atom stereocenters. The molecule has 0 amide bonds. The van der Waals surface area contributed by atoms with Crippen molar-refractivity contribution in [2.75, 3.05) is 0 Å². The third kappa shape index (κ3) is 8.48. The molecule has 0 N–H and O–H groups in total. The van der Waals surface area contributed by atoms with Gasteiger partial charge in [-0.15, -0.1) is 69.1 Å². The second-order valence-corrected chi connectivity index (χ2v) is 16.5. The van der Waals surface area contributed by atoms with Crippen molar-refractivity contribution in [2.24, 2.45) is 0 Å². The quantitative estimate of drug-likeness (QED) is 0.121. The molecule has 6 aromatic rings. The zero-order chi connectivity index (χ0) is 34.8. The Morgan fingerprint density at radius 3 is 1.10 bits per heavy atom. The molecule has 0 nitrogen and oxygen atoms in total. The summed E-state index contributed by atoms with van der Waals surface area (Å²) in [5, 5.41) is 5.44. The summed E-state index contributed by atoms with van der Waals surface area (Å²) in [6.45, 7) is 31.3. The Bertz CT molecular complexity index is 1850. The monoisotopic (exact) mass is 816 g/mol. The molecule has 6 rings (SSSR count). The number of aryl methyl sites for hydroxylation is 2. The molecule has 48 heavy (non-hydrogen) atoms. The third-order valence-electron chi connectivity index (χ3n) is 9.93. The molecule has 0 aromatic heterocycles. The Hall–Kier alpha value is -2.81. The van der Waals surface area contributed by atoms with Crippen molar-refractivity contribution in [2.45, 2.75) is 107 Å². The van der Waals surface area contributed by atoms with Crippen LogP contribution in [-0.4, -0.2) is 9.52 Å². The van der Waals surface area contributed by atoms with Crippen LogP contribution in [0.15, 0.2) is 84.9 Å². The second kappa shape index (κ2) is 15.8. The smallest absolute Gasteiger partial charge is 0.0307 e. The van der Waals surface area contributed by atoms with E-state index in [-0.39, 0.29) is 36.7 Å². The van der Waals surface area contributed by atoms with Gasteiger partial charge in [-0.3, -0.25) is 0 Å². The van der Waals surface area contributed by atoms with Gasteiger partial charge in [0.15, 0.2) is 0 Å². The van der Waals surface area contributed by atoms with Gasteiger partial charge in [0.1, 0.15) is 0 Å². The van der Waals surface area contributed by atoms with Crippen molar-refractivity contribution in [3.05, 3.63) is 129 Å². The molecule has 0 fully saturated rings. The van der Waals surface area contributed by atoms with Crippen molar-refractivity contribution in [1.82, 2.24) is 0 Å². The van der Waals surface area contributed by atoms with Gasteiger partial charge in [0.25, 0.3) is 0 Å². The largest absolute Gasteiger partial charge is 0.164 e. The predicted octanol–water partition coefficient (Wildman–Crippen LogP) is 13.7. The molecule has 0 bridgehead atoms. The van der Waals surface area contributed by atoms with Gasteiger partial charge in [-0.25, -0.2) is 0 Å². The van der Waals surface area contributed by atoms with Gasteiger partial charge in [-0.05, 0) is 96.9 Å². The van der Waals surface area contributed by atoms with Crippen LogP contribution in [0.3, 0.4) is 0 Å². The first-order chi connectivity index (χ1) is 22.0. The molecular weight excluding hydrogens is 759 g/mol. The van der Waals surface area contributed by atoms with Gasteiger partial charge < -0.3 is 0 Å². The van der Waals surface area contributed by atoms with E-state index < -0.39 is 0 Å². The minimum absolute atomic E-state index is 0. The van der Waals surface area contributed by atoms with Crippen molar-refractivity contribution in [1.29, 1.82) is 0 Å². The van der Waals surface area contributed by atoms with E-state index in [1.807, 2.05) is 0 Å². The Labute approximate surface area is 313 Å². The molecule has 2 heteroatoms. The number of benzene rings is 4. The summed E-state index contributed by atoms with van der Waals surface area (Å²) in [7, 11) is 1.08. The molecular formula is C46H56HfSi-2. The predicted molar refractivity (Wildman–Crippen MR) is 213 cm³/mol. The number of hydrogen-bond donors (Lipinski definition) is 0. The summed E-state index contributed by atoms with van der Waals surface area (Å²) in [5.74, 6) is 0. The van der Waals surface area contributed by atoms with Gasteiger partial charge in [0.2, 0.25) is 0 Å². The molecule has 0 saturated heterocycles. The number of rotatable bonds is 2. The number of hydrogen-bond acceptors (Lipinski definition) is 0.